The molecule has 1 fully saturated rings. The molecule has 4 amide bonds. The van der Waals surface area contributed by atoms with Crippen LogP contribution < -0.4 is 10.2 Å². The Morgan fingerprint density at radius 2 is 1.64 bits per heavy atom. The van der Waals surface area contributed by atoms with Gasteiger partial charge in [0.2, 0.25) is 0 Å². The first-order valence-electron chi connectivity index (χ1n) is 10.6. The van der Waals surface area contributed by atoms with Crippen LogP contribution in [0.25, 0.3) is 11.8 Å². The topological polar surface area (TPSA) is 71.4 Å². The minimum absolute atomic E-state index is 0.170. The van der Waals surface area contributed by atoms with Crippen molar-refractivity contribution in [1.82, 2.24) is 9.88 Å². The molecule has 0 spiro atoms. The van der Waals surface area contributed by atoms with Crippen LogP contribution in [0.5, 0.6) is 0 Å². The third kappa shape index (κ3) is 3.98. The summed E-state index contributed by atoms with van der Waals surface area (Å²) in [7, 11) is 0. The Hall–Kier alpha value is -4.00. The van der Waals surface area contributed by atoms with Crippen LogP contribution in [0.15, 0.2) is 60.2 Å². The van der Waals surface area contributed by atoms with E-state index in [0.29, 0.717) is 11.5 Å². The van der Waals surface area contributed by atoms with Crippen LogP contribution in [0.4, 0.5) is 14.9 Å². The fourth-order valence-electron chi connectivity index (χ4n) is 4.12. The minimum Gasteiger partial charge on any atom is -0.318 e. The van der Waals surface area contributed by atoms with Crippen molar-refractivity contribution in [2.45, 2.75) is 33.6 Å². The molecule has 2 aromatic carbocycles. The number of halogens is 1. The summed E-state index contributed by atoms with van der Waals surface area (Å²) < 4.78 is 15.4. The Morgan fingerprint density at radius 3 is 2.30 bits per heavy atom. The molecule has 1 aromatic heterocycles. The maximum atomic E-state index is 13.3. The number of amides is 4. The monoisotopic (exact) mass is 445 g/mol. The van der Waals surface area contributed by atoms with E-state index in [1.54, 1.807) is 0 Å². The van der Waals surface area contributed by atoms with Crippen molar-refractivity contribution in [1.29, 1.82) is 0 Å². The summed E-state index contributed by atoms with van der Waals surface area (Å²) >= 11 is 0. The highest BCUT2D eigenvalue weighted by atomic mass is 19.1. The molecule has 1 aliphatic heterocycles. The van der Waals surface area contributed by atoms with Gasteiger partial charge < -0.3 is 4.57 Å². The third-order valence-electron chi connectivity index (χ3n) is 5.76. The molecule has 1 aliphatic rings. The first kappa shape index (κ1) is 22.2. The zero-order valence-electron chi connectivity index (χ0n) is 18.8. The Balaban J connectivity index is 1.78. The predicted molar refractivity (Wildman–Crippen MR) is 125 cm³/mol. The third-order valence-corrected chi connectivity index (χ3v) is 5.76. The van der Waals surface area contributed by atoms with E-state index in [1.165, 1.54) is 23.8 Å². The Morgan fingerprint density at radius 1 is 0.970 bits per heavy atom. The smallest absolute Gasteiger partial charge is 0.318 e. The molecular weight excluding hydrogens is 421 g/mol. The summed E-state index contributed by atoms with van der Waals surface area (Å²) in [6.45, 7) is 8.14. The normalized spacial score (nSPS) is 15.5. The summed E-state index contributed by atoms with van der Waals surface area (Å²) in [5.74, 6) is -1.71. The van der Waals surface area contributed by atoms with Gasteiger partial charge in [0.05, 0.1) is 5.69 Å². The SMILES string of the molecule is Cc1cc(/C=C2\C(=O)NC(=O)N(c3ccc(F)cc3)C2=O)c(C)n1-c1ccccc1C(C)C. The highest BCUT2D eigenvalue weighted by Gasteiger charge is 2.37. The van der Waals surface area contributed by atoms with Crippen LogP contribution in [-0.2, 0) is 9.59 Å². The lowest BCUT2D eigenvalue weighted by Crippen LogP contribution is -2.54. The molecular formula is C26H24FN3O3. The standard InChI is InChI=1S/C26H24FN3O3/c1-15(2)21-7-5-6-8-23(21)29-16(3)13-18(17(29)4)14-22-24(31)28-26(33)30(25(22)32)20-11-9-19(27)10-12-20/h5-15H,1-4H3,(H,28,31,33)/b22-14+. The van der Waals surface area contributed by atoms with E-state index < -0.39 is 23.7 Å². The Bertz CT molecular complexity index is 1300. The van der Waals surface area contributed by atoms with E-state index in [-0.39, 0.29) is 11.3 Å². The van der Waals surface area contributed by atoms with E-state index in [0.717, 1.165) is 34.1 Å². The van der Waals surface area contributed by atoms with Gasteiger partial charge in [-0.1, -0.05) is 32.0 Å². The number of rotatable bonds is 4. The van der Waals surface area contributed by atoms with Crippen molar-refractivity contribution in [3.63, 3.8) is 0 Å². The highest BCUT2D eigenvalue weighted by Crippen LogP contribution is 2.29. The number of anilines is 1. The summed E-state index contributed by atoms with van der Waals surface area (Å²) in [5, 5.41) is 2.20. The average molecular weight is 445 g/mol. The summed E-state index contributed by atoms with van der Waals surface area (Å²) in [4.78, 5) is 38.9. The lowest BCUT2D eigenvalue weighted by Gasteiger charge is -2.26. The van der Waals surface area contributed by atoms with Crippen LogP contribution in [-0.4, -0.2) is 22.4 Å². The first-order valence-corrected chi connectivity index (χ1v) is 10.6. The number of carbonyl (C=O) groups is 3. The molecule has 4 rings (SSSR count). The fraction of sp³-hybridized carbons (Fsp3) is 0.192. The first-order chi connectivity index (χ1) is 15.7. The maximum Gasteiger partial charge on any atom is 0.335 e. The predicted octanol–water partition coefficient (Wildman–Crippen LogP) is 5.02. The Labute approximate surface area is 191 Å². The van der Waals surface area contributed by atoms with Crippen LogP contribution in [0.2, 0.25) is 0 Å². The lowest BCUT2D eigenvalue weighted by atomic mass is 10.0. The molecule has 0 atom stereocenters. The van der Waals surface area contributed by atoms with Gasteiger partial charge in [-0.3, -0.25) is 14.9 Å². The number of aromatic nitrogens is 1. The Kier molecular flexibility index (Phi) is 5.72. The number of nitrogens with one attached hydrogen (secondary N) is 1. The molecule has 0 unspecified atom stereocenters. The van der Waals surface area contributed by atoms with Crippen molar-refractivity contribution in [2.75, 3.05) is 4.90 Å². The summed E-state index contributed by atoms with van der Waals surface area (Å²) in [6, 6.07) is 14.1. The van der Waals surface area contributed by atoms with Crippen molar-refractivity contribution in [3.05, 3.63) is 88.5 Å². The maximum absolute atomic E-state index is 13.3. The molecule has 1 N–H and O–H groups in total. The lowest BCUT2D eigenvalue weighted by molar-refractivity contribution is -0.122. The molecule has 0 saturated carbocycles. The fourth-order valence-corrected chi connectivity index (χ4v) is 4.12. The van der Waals surface area contributed by atoms with Crippen LogP contribution in [0.3, 0.4) is 0 Å². The number of aryl methyl sites for hydroxylation is 1. The quantitative estimate of drug-likeness (QED) is 0.453. The average Bonchev–Trinajstić information content (AvgIpc) is 3.05. The van der Waals surface area contributed by atoms with Gasteiger partial charge in [-0.2, -0.15) is 0 Å². The molecule has 0 radical (unpaired) electrons. The molecule has 168 valence electrons. The second kappa shape index (κ2) is 8.50. The highest BCUT2D eigenvalue weighted by molar-refractivity contribution is 6.39. The summed E-state index contributed by atoms with van der Waals surface area (Å²) in [6.07, 6.45) is 1.50. The van der Waals surface area contributed by atoms with Crippen LogP contribution in [0, 0.1) is 19.7 Å². The van der Waals surface area contributed by atoms with Gasteiger partial charge in [-0.25, -0.2) is 14.1 Å². The molecule has 6 nitrogen and oxygen atoms in total. The molecule has 33 heavy (non-hydrogen) atoms. The van der Waals surface area contributed by atoms with E-state index in [4.69, 9.17) is 0 Å². The number of carbonyl (C=O) groups excluding carboxylic acids is 3. The molecule has 0 aliphatic carbocycles. The van der Waals surface area contributed by atoms with Gasteiger partial charge in [0.25, 0.3) is 11.8 Å². The van der Waals surface area contributed by atoms with E-state index >= 15 is 0 Å². The van der Waals surface area contributed by atoms with E-state index in [1.807, 2.05) is 38.1 Å². The number of benzene rings is 2. The van der Waals surface area contributed by atoms with Gasteiger partial charge in [-0.05, 0) is 73.4 Å². The second-order valence-electron chi connectivity index (χ2n) is 8.31. The van der Waals surface area contributed by atoms with Crippen LogP contribution in [0.1, 0.15) is 42.3 Å². The number of imide groups is 2. The summed E-state index contributed by atoms with van der Waals surface area (Å²) in [5.41, 5.74) is 4.72. The minimum atomic E-state index is -0.870. The molecule has 7 heteroatoms. The van der Waals surface area contributed by atoms with Gasteiger partial charge in [-0.15, -0.1) is 0 Å². The van der Waals surface area contributed by atoms with Crippen molar-refractivity contribution >= 4 is 29.6 Å². The number of urea groups is 1. The number of nitrogens with zero attached hydrogens (tertiary/aromatic N) is 2. The molecule has 2 heterocycles. The number of para-hydroxylation sites is 1. The zero-order chi connectivity index (χ0) is 23.9. The van der Waals surface area contributed by atoms with Gasteiger partial charge in [0, 0.05) is 17.1 Å². The van der Waals surface area contributed by atoms with Gasteiger partial charge in [0.1, 0.15) is 11.4 Å². The zero-order valence-corrected chi connectivity index (χ0v) is 18.8. The van der Waals surface area contributed by atoms with Crippen molar-refractivity contribution < 1.29 is 18.8 Å². The van der Waals surface area contributed by atoms with E-state index in [9.17, 15) is 18.8 Å². The number of hydrogen-bond acceptors (Lipinski definition) is 3. The molecule has 0 bridgehead atoms. The van der Waals surface area contributed by atoms with Crippen LogP contribution >= 0.6 is 0 Å². The van der Waals surface area contributed by atoms with E-state index in [2.05, 4.69) is 29.8 Å². The second-order valence-corrected chi connectivity index (χ2v) is 8.31. The van der Waals surface area contributed by atoms with Gasteiger partial charge in [0.15, 0.2) is 0 Å². The molecule has 1 saturated heterocycles. The largest absolute Gasteiger partial charge is 0.335 e. The molecule has 3 aromatic rings. The van der Waals surface area contributed by atoms with Crippen molar-refractivity contribution in [2.24, 2.45) is 0 Å². The number of barbiturate groups is 1. The number of hydrogen-bond donors (Lipinski definition) is 1. The van der Waals surface area contributed by atoms with Gasteiger partial charge >= 0.3 is 6.03 Å². The van der Waals surface area contributed by atoms with Crippen molar-refractivity contribution in [3.8, 4) is 5.69 Å².